The highest BCUT2D eigenvalue weighted by atomic mass is 32.2. The van der Waals surface area contributed by atoms with Crippen molar-refractivity contribution < 1.29 is 18.3 Å². The van der Waals surface area contributed by atoms with Gasteiger partial charge in [-0.05, 0) is 24.6 Å². The molecular weight excluding hydrogens is 422 g/mol. The van der Waals surface area contributed by atoms with Crippen LogP contribution in [0.1, 0.15) is 18.4 Å². The number of ether oxygens (including phenoxy) is 1. The standard InChI is InChI=1S/C19H23N7O4S/c1-13-2-3-14(31(28,29)24-10-19(27)4-6-30-7-5-19)8-15(13)16-9-22-17(20)18(25-16)26-12-21-11-23-26/h2-3,8-9,11-12,24,27H,4-7,10H2,1H3,(H2,20,22). The summed E-state index contributed by atoms with van der Waals surface area (Å²) >= 11 is 0. The van der Waals surface area contributed by atoms with Crippen molar-refractivity contribution in [2.24, 2.45) is 0 Å². The third-order valence-corrected chi connectivity index (χ3v) is 6.63. The van der Waals surface area contributed by atoms with Crippen LogP contribution in [-0.4, -0.2) is 63.6 Å². The minimum absolute atomic E-state index is 0.0599. The number of nitrogens with one attached hydrogen (secondary N) is 1. The summed E-state index contributed by atoms with van der Waals surface area (Å²) in [5.74, 6) is 0.463. The number of nitrogens with two attached hydrogens (primary N) is 1. The molecule has 0 unspecified atom stereocenters. The largest absolute Gasteiger partial charge is 0.388 e. The molecule has 0 spiro atoms. The smallest absolute Gasteiger partial charge is 0.240 e. The first-order valence-corrected chi connectivity index (χ1v) is 11.1. The fourth-order valence-corrected chi connectivity index (χ4v) is 4.44. The summed E-state index contributed by atoms with van der Waals surface area (Å²) in [6.07, 6.45) is 5.03. The summed E-state index contributed by atoms with van der Waals surface area (Å²) in [6, 6.07) is 4.73. The van der Waals surface area contributed by atoms with Gasteiger partial charge in [-0.1, -0.05) is 6.07 Å². The highest BCUT2D eigenvalue weighted by molar-refractivity contribution is 7.89. The molecule has 31 heavy (non-hydrogen) atoms. The van der Waals surface area contributed by atoms with Crippen LogP contribution in [0.2, 0.25) is 0 Å². The van der Waals surface area contributed by atoms with Crippen LogP contribution in [0, 0.1) is 6.92 Å². The Hall–Kier alpha value is -2.93. The zero-order valence-corrected chi connectivity index (χ0v) is 17.7. The Balaban J connectivity index is 1.64. The van der Waals surface area contributed by atoms with E-state index in [4.69, 9.17) is 10.5 Å². The van der Waals surface area contributed by atoms with Crippen LogP contribution in [0.5, 0.6) is 0 Å². The molecule has 0 aliphatic carbocycles. The molecule has 1 aliphatic heterocycles. The first-order valence-electron chi connectivity index (χ1n) is 9.66. The van der Waals surface area contributed by atoms with Crippen molar-refractivity contribution in [2.75, 3.05) is 25.5 Å². The predicted octanol–water partition coefficient (Wildman–Crippen LogP) is 0.435. The van der Waals surface area contributed by atoms with Gasteiger partial charge in [0.2, 0.25) is 10.0 Å². The summed E-state index contributed by atoms with van der Waals surface area (Å²) in [6.45, 7) is 2.56. The predicted molar refractivity (Wildman–Crippen MR) is 112 cm³/mol. The molecule has 12 heteroatoms. The second-order valence-corrected chi connectivity index (χ2v) is 9.21. The maximum atomic E-state index is 12.9. The lowest BCUT2D eigenvalue weighted by molar-refractivity contribution is -0.0588. The number of aromatic nitrogens is 5. The van der Waals surface area contributed by atoms with Gasteiger partial charge in [0.1, 0.15) is 12.7 Å². The Morgan fingerprint density at radius 3 is 2.81 bits per heavy atom. The molecule has 4 N–H and O–H groups in total. The van der Waals surface area contributed by atoms with E-state index in [9.17, 15) is 13.5 Å². The Morgan fingerprint density at radius 2 is 2.10 bits per heavy atom. The van der Waals surface area contributed by atoms with Crippen molar-refractivity contribution in [3.05, 3.63) is 42.6 Å². The normalized spacial score (nSPS) is 16.3. The molecule has 1 aromatic carbocycles. The SMILES string of the molecule is Cc1ccc(S(=O)(=O)NCC2(O)CCOCC2)cc1-c1cnc(N)c(-n2cncn2)n1. The summed E-state index contributed by atoms with van der Waals surface area (Å²) in [4.78, 5) is 12.6. The van der Waals surface area contributed by atoms with Crippen LogP contribution in [-0.2, 0) is 14.8 Å². The van der Waals surface area contributed by atoms with Crippen LogP contribution >= 0.6 is 0 Å². The van der Waals surface area contributed by atoms with Crippen molar-refractivity contribution in [3.63, 3.8) is 0 Å². The van der Waals surface area contributed by atoms with E-state index in [1.165, 1.54) is 35.7 Å². The van der Waals surface area contributed by atoms with Crippen LogP contribution in [0.4, 0.5) is 5.82 Å². The van der Waals surface area contributed by atoms with E-state index in [0.717, 1.165) is 5.56 Å². The monoisotopic (exact) mass is 445 g/mol. The molecule has 2 aromatic heterocycles. The minimum atomic E-state index is -3.86. The fraction of sp³-hybridized carbons (Fsp3) is 0.368. The van der Waals surface area contributed by atoms with Gasteiger partial charge in [0.25, 0.3) is 0 Å². The summed E-state index contributed by atoms with van der Waals surface area (Å²) in [7, 11) is -3.86. The summed E-state index contributed by atoms with van der Waals surface area (Å²) < 4.78 is 34.9. The van der Waals surface area contributed by atoms with Gasteiger partial charge < -0.3 is 15.6 Å². The average molecular weight is 446 g/mol. The van der Waals surface area contributed by atoms with E-state index in [-0.39, 0.29) is 17.3 Å². The molecule has 11 nitrogen and oxygen atoms in total. The van der Waals surface area contributed by atoms with E-state index < -0.39 is 15.6 Å². The van der Waals surface area contributed by atoms with Crippen molar-refractivity contribution in [3.8, 4) is 17.1 Å². The van der Waals surface area contributed by atoms with Crippen molar-refractivity contribution in [2.45, 2.75) is 30.3 Å². The molecule has 0 atom stereocenters. The highest BCUT2D eigenvalue weighted by Gasteiger charge is 2.31. The molecule has 164 valence electrons. The molecule has 4 rings (SSSR count). The van der Waals surface area contributed by atoms with Gasteiger partial charge in [0.05, 0.1) is 22.4 Å². The van der Waals surface area contributed by atoms with Gasteiger partial charge in [0, 0.05) is 38.2 Å². The third kappa shape index (κ3) is 4.56. The topological polar surface area (TPSA) is 158 Å². The Labute approximate surface area is 179 Å². The number of hydrogen-bond acceptors (Lipinski definition) is 9. The lowest BCUT2D eigenvalue weighted by Gasteiger charge is -2.32. The lowest BCUT2D eigenvalue weighted by Crippen LogP contribution is -2.46. The Bertz CT molecular complexity index is 1180. The molecule has 0 bridgehead atoms. The lowest BCUT2D eigenvalue weighted by atomic mass is 9.95. The maximum absolute atomic E-state index is 12.9. The van der Waals surface area contributed by atoms with Crippen molar-refractivity contribution in [1.29, 1.82) is 0 Å². The average Bonchev–Trinajstić information content (AvgIpc) is 3.28. The quantitative estimate of drug-likeness (QED) is 0.489. The van der Waals surface area contributed by atoms with Gasteiger partial charge in [-0.3, -0.25) is 0 Å². The fourth-order valence-electron chi connectivity index (χ4n) is 3.29. The van der Waals surface area contributed by atoms with Gasteiger partial charge in [-0.15, -0.1) is 0 Å². The van der Waals surface area contributed by atoms with E-state index in [1.807, 2.05) is 6.92 Å². The van der Waals surface area contributed by atoms with E-state index in [0.29, 0.717) is 43.1 Å². The Morgan fingerprint density at radius 1 is 1.32 bits per heavy atom. The van der Waals surface area contributed by atoms with E-state index >= 15 is 0 Å². The van der Waals surface area contributed by atoms with Crippen molar-refractivity contribution >= 4 is 15.8 Å². The number of hydrogen-bond donors (Lipinski definition) is 3. The van der Waals surface area contributed by atoms with Crippen LogP contribution < -0.4 is 10.5 Å². The number of anilines is 1. The molecule has 0 radical (unpaired) electrons. The number of sulfonamides is 1. The highest BCUT2D eigenvalue weighted by Crippen LogP contribution is 2.27. The van der Waals surface area contributed by atoms with Gasteiger partial charge in [-0.2, -0.15) is 9.78 Å². The second kappa shape index (κ2) is 8.30. The number of aliphatic hydroxyl groups is 1. The molecule has 0 saturated carbocycles. The molecule has 1 saturated heterocycles. The molecule has 3 heterocycles. The van der Waals surface area contributed by atoms with Gasteiger partial charge in [0.15, 0.2) is 11.6 Å². The molecule has 3 aromatic rings. The summed E-state index contributed by atoms with van der Waals surface area (Å²) in [5, 5.41) is 14.6. The number of nitrogen functional groups attached to an aromatic ring is 1. The van der Waals surface area contributed by atoms with Crippen LogP contribution in [0.15, 0.2) is 41.9 Å². The first kappa shape index (κ1) is 21.3. The molecular formula is C19H23N7O4S. The first-order chi connectivity index (χ1) is 14.8. The van der Waals surface area contributed by atoms with Gasteiger partial charge in [-0.25, -0.2) is 28.1 Å². The molecule has 0 amide bonds. The second-order valence-electron chi connectivity index (χ2n) is 7.44. The van der Waals surface area contributed by atoms with Crippen LogP contribution in [0.25, 0.3) is 17.1 Å². The number of benzene rings is 1. The molecule has 1 fully saturated rings. The zero-order chi connectivity index (χ0) is 22.1. The van der Waals surface area contributed by atoms with E-state index in [1.54, 1.807) is 6.07 Å². The number of rotatable bonds is 6. The van der Waals surface area contributed by atoms with Crippen LogP contribution in [0.3, 0.4) is 0 Å². The van der Waals surface area contributed by atoms with Gasteiger partial charge >= 0.3 is 0 Å². The number of aryl methyl sites for hydroxylation is 1. The minimum Gasteiger partial charge on any atom is -0.388 e. The van der Waals surface area contributed by atoms with E-state index in [2.05, 4.69) is 24.8 Å². The zero-order valence-electron chi connectivity index (χ0n) is 16.9. The maximum Gasteiger partial charge on any atom is 0.240 e. The summed E-state index contributed by atoms with van der Waals surface area (Å²) in [5.41, 5.74) is 6.64. The Kier molecular flexibility index (Phi) is 5.71. The molecule has 1 aliphatic rings. The number of nitrogens with zero attached hydrogens (tertiary/aromatic N) is 5. The third-order valence-electron chi connectivity index (χ3n) is 5.23. The van der Waals surface area contributed by atoms with Crippen molar-refractivity contribution in [1.82, 2.24) is 29.5 Å².